The molecule has 0 saturated heterocycles. The van der Waals surface area contributed by atoms with Crippen molar-refractivity contribution < 1.29 is 38.5 Å². The Kier molecular flexibility index (Phi) is 9.14. The van der Waals surface area contributed by atoms with E-state index in [2.05, 4.69) is 0 Å². The van der Waals surface area contributed by atoms with Crippen LogP contribution in [-0.4, -0.2) is 0 Å². The van der Waals surface area contributed by atoms with E-state index in [0.717, 1.165) is 5.56 Å². The van der Waals surface area contributed by atoms with Crippen LogP contribution in [-0.2, 0) is 19.8 Å². The second-order valence-corrected chi connectivity index (χ2v) is 7.14. The lowest BCUT2D eigenvalue weighted by Crippen LogP contribution is -2.13. The van der Waals surface area contributed by atoms with E-state index in [1.165, 1.54) is 0 Å². The van der Waals surface area contributed by atoms with E-state index in [4.69, 9.17) is 79.6 Å². The predicted octanol–water partition coefficient (Wildman–Crippen LogP) is -0.182. The molecule has 0 heterocycles. The van der Waals surface area contributed by atoms with Crippen molar-refractivity contribution in [3.8, 4) is 46.0 Å². The highest BCUT2D eigenvalue weighted by Gasteiger charge is 2.17. The summed E-state index contributed by atoms with van der Waals surface area (Å²) in [6.45, 7) is 0.408. The lowest BCUT2D eigenvalue weighted by molar-refractivity contribution is 0.249. The van der Waals surface area contributed by atoms with Crippen molar-refractivity contribution in [2.45, 2.75) is 19.8 Å². The van der Waals surface area contributed by atoms with Crippen molar-refractivity contribution in [2.75, 3.05) is 0 Å². The van der Waals surface area contributed by atoms with Gasteiger partial charge in [-0.1, -0.05) is 0 Å². The fourth-order valence-corrected chi connectivity index (χ4v) is 3.26. The second kappa shape index (κ2) is 12.5. The monoisotopic (exact) mass is 505 g/mol. The molecule has 3 aromatic carbocycles. The van der Waals surface area contributed by atoms with Crippen LogP contribution in [0.5, 0.6) is 46.0 Å². The average Bonchev–Trinajstić information content (AvgIpc) is 2.93. The summed E-state index contributed by atoms with van der Waals surface area (Å²) in [4.78, 5) is 28.5. The number of benzene rings is 3. The third-order valence-corrected chi connectivity index (χ3v) is 4.89. The number of rotatable bonds is 13. The summed E-state index contributed by atoms with van der Waals surface area (Å²) in [5.41, 5.74) is 7.79. The Morgan fingerprint density at radius 1 is 0.444 bits per heavy atom. The van der Waals surface area contributed by atoms with Gasteiger partial charge in [0.15, 0.2) is 23.0 Å². The number of ether oxygens (including phenoxy) is 2. The molecule has 36 heavy (non-hydrogen) atoms. The number of hydrogen-bond acceptors (Lipinski definition) is 15. The minimum Gasteiger partial charge on any atom is -0.489 e. The van der Waals surface area contributed by atoms with Crippen LogP contribution >= 0.6 is 0 Å². The molecule has 0 aliphatic heterocycles. The molecule has 15 heteroatoms. The van der Waals surface area contributed by atoms with Gasteiger partial charge in [-0.25, -0.2) is 0 Å². The first-order valence-corrected chi connectivity index (χ1v) is 10.1. The third-order valence-electron chi connectivity index (χ3n) is 4.89. The fraction of sp³-hybridized carbons (Fsp3) is 0.143. The molecule has 194 valence electrons. The Morgan fingerprint density at radius 3 is 1.08 bits per heavy atom. The summed E-state index contributed by atoms with van der Waals surface area (Å²) in [6, 6.07) is 11.4. The minimum atomic E-state index is 0.0296. The lowest BCUT2D eigenvalue weighted by Gasteiger charge is -2.15. The standard InChI is InChI=1S/C21H27N7O8/c22-8-11-1-14(29-9-12-3-16(31-23)20(35-27)17(4-12)32-24)7-15(2-11)30-10-13-5-18(33-25)21(36-28)19(6-13)34-26/h1-7H,8-10,22-28H2. The summed E-state index contributed by atoms with van der Waals surface area (Å²) in [6.07, 6.45) is 0. The maximum atomic E-state index is 5.90. The quantitative estimate of drug-likeness (QED) is 0.149. The molecule has 0 spiro atoms. The van der Waals surface area contributed by atoms with Gasteiger partial charge >= 0.3 is 0 Å². The molecule has 0 aliphatic rings. The van der Waals surface area contributed by atoms with Crippen LogP contribution < -0.4 is 79.6 Å². The zero-order valence-electron chi connectivity index (χ0n) is 19.0. The van der Waals surface area contributed by atoms with Crippen molar-refractivity contribution >= 4 is 0 Å². The SMILES string of the molecule is NCc1cc(OCc2cc(ON)c(ON)c(ON)c2)cc(OCc2cc(ON)c(ON)c(ON)c2)c1. The van der Waals surface area contributed by atoms with Crippen molar-refractivity contribution in [1.29, 1.82) is 0 Å². The van der Waals surface area contributed by atoms with Crippen LogP contribution in [0.1, 0.15) is 16.7 Å². The topological polar surface area (TPSA) is 256 Å². The zero-order valence-corrected chi connectivity index (χ0v) is 19.0. The summed E-state index contributed by atoms with van der Waals surface area (Å²) >= 11 is 0. The fourth-order valence-electron chi connectivity index (χ4n) is 3.26. The van der Waals surface area contributed by atoms with Crippen molar-refractivity contribution in [3.05, 3.63) is 59.2 Å². The molecule has 0 fully saturated rings. The van der Waals surface area contributed by atoms with E-state index in [9.17, 15) is 0 Å². The maximum absolute atomic E-state index is 5.90. The Hall–Kier alpha value is -4.22. The highest BCUT2D eigenvalue weighted by molar-refractivity contribution is 5.54. The molecule has 14 N–H and O–H groups in total. The maximum Gasteiger partial charge on any atom is 0.235 e. The van der Waals surface area contributed by atoms with Crippen LogP contribution in [0.4, 0.5) is 0 Å². The smallest absolute Gasteiger partial charge is 0.235 e. The molecule has 0 aromatic heterocycles. The molecule has 3 rings (SSSR count). The van der Waals surface area contributed by atoms with Gasteiger partial charge in [-0.2, -0.15) is 35.4 Å². The Bertz CT molecular complexity index is 1050. The average molecular weight is 505 g/mol. The molecule has 15 nitrogen and oxygen atoms in total. The van der Waals surface area contributed by atoms with Crippen LogP contribution in [0.15, 0.2) is 42.5 Å². The molecule has 0 radical (unpaired) electrons. The molecular weight excluding hydrogens is 478 g/mol. The second-order valence-electron chi connectivity index (χ2n) is 7.14. The van der Waals surface area contributed by atoms with Crippen molar-refractivity contribution in [3.63, 3.8) is 0 Å². The van der Waals surface area contributed by atoms with E-state index >= 15 is 0 Å². The highest BCUT2D eigenvalue weighted by Crippen LogP contribution is 2.38. The Labute approximate surface area is 205 Å². The number of hydrogen-bond donors (Lipinski definition) is 7. The normalized spacial score (nSPS) is 10.4. The predicted molar refractivity (Wildman–Crippen MR) is 125 cm³/mol. The van der Waals surface area contributed by atoms with E-state index in [0.29, 0.717) is 22.6 Å². The van der Waals surface area contributed by atoms with Gasteiger partial charge in [0.05, 0.1) is 0 Å². The van der Waals surface area contributed by atoms with Gasteiger partial charge < -0.3 is 44.2 Å². The minimum absolute atomic E-state index is 0.0296. The van der Waals surface area contributed by atoms with Crippen molar-refractivity contribution in [2.24, 2.45) is 41.1 Å². The van der Waals surface area contributed by atoms with Crippen LogP contribution in [0.25, 0.3) is 0 Å². The summed E-state index contributed by atoms with van der Waals surface area (Å²) < 4.78 is 11.8. The number of nitrogens with two attached hydrogens (primary N) is 7. The van der Waals surface area contributed by atoms with E-state index in [-0.39, 0.29) is 54.3 Å². The van der Waals surface area contributed by atoms with Gasteiger partial charge in [-0.3, -0.25) is 0 Å². The molecule has 0 saturated carbocycles. The summed E-state index contributed by atoms with van der Waals surface area (Å²) in [5.74, 6) is 32.9. The van der Waals surface area contributed by atoms with Crippen LogP contribution in [0, 0.1) is 0 Å². The summed E-state index contributed by atoms with van der Waals surface area (Å²) in [5, 5.41) is 0. The van der Waals surface area contributed by atoms with E-state index in [1.807, 2.05) is 0 Å². The van der Waals surface area contributed by atoms with E-state index < -0.39 is 0 Å². The first-order chi connectivity index (χ1) is 17.5. The molecule has 0 unspecified atom stereocenters. The van der Waals surface area contributed by atoms with Gasteiger partial charge in [0, 0.05) is 12.6 Å². The molecular formula is C21H27N7O8. The van der Waals surface area contributed by atoms with Gasteiger partial charge in [0.2, 0.25) is 11.5 Å². The van der Waals surface area contributed by atoms with Gasteiger partial charge in [0.25, 0.3) is 0 Å². The molecule has 0 bridgehead atoms. The van der Waals surface area contributed by atoms with Crippen LogP contribution in [0.2, 0.25) is 0 Å². The lowest BCUT2D eigenvalue weighted by atomic mass is 10.1. The largest absolute Gasteiger partial charge is 0.489 e. The molecule has 0 amide bonds. The van der Waals surface area contributed by atoms with Gasteiger partial charge in [-0.15, -0.1) is 0 Å². The first-order valence-electron chi connectivity index (χ1n) is 10.1. The Morgan fingerprint density at radius 2 is 0.806 bits per heavy atom. The molecule has 3 aromatic rings. The first kappa shape index (κ1) is 26.4. The van der Waals surface area contributed by atoms with Crippen LogP contribution in [0.3, 0.4) is 0 Å². The third kappa shape index (κ3) is 6.06. The van der Waals surface area contributed by atoms with Crippen molar-refractivity contribution in [1.82, 2.24) is 0 Å². The van der Waals surface area contributed by atoms with Gasteiger partial charge in [0.1, 0.15) is 24.7 Å². The highest BCUT2D eigenvalue weighted by atomic mass is 16.7. The molecule has 0 atom stereocenters. The molecule has 0 aliphatic carbocycles. The van der Waals surface area contributed by atoms with E-state index in [1.54, 1.807) is 42.5 Å². The zero-order chi connectivity index (χ0) is 26.1. The Balaban J connectivity index is 1.78. The summed E-state index contributed by atoms with van der Waals surface area (Å²) in [7, 11) is 0. The van der Waals surface area contributed by atoms with Gasteiger partial charge in [-0.05, 0) is 53.1 Å².